The number of hydrogen-bond acceptors (Lipinski definition) is 3. The Morgan fingerprint density at radius 1 is 1.80 bits per heavy atom. The third-order valence-corrected chi connectivity index (χ3v) is 1.55. The van der Waals surface area contributed by atoms with E-state index in [-0.39, 0.29) is 11.9 Å². The highest BCUT2D eigenvalue weighted by Crippen LogP contribution is 2.21. The average Bonchev–Trinajstić information content (AvgIpc) is 2.20. The highest BCUT2D eigenvalue weighted by atomic mass is 16.5. The second-order valence-corrected chi connectivity index (χ2v) is 2.22. The molecule has 1 aliphatic heterocycles. The molecule has 1 heterocycles. The second kappa shape index (κ2) is 2.64. The van der Waals surface area contributed by atoms with E-state index in [1.54, 1.807) is 0 Å². The highest BCUT2D eigenvalue weighted by molar-refractivity contribution is 5.90. The van der Waals surface area contributed by atoms with Gasteiger partial charge in [-0.25, -0.2) is 4.79 Å². The number of aldehydes is 1. The Morgan fingerprint density at radius 2 is 2.50 bits per heavy atom. The predicted molar refractivity (Wildman–Crippen MR) is 34.3 cm³/mol. The molecule has 10 heavy (non-hydrogen) atoms. The fraction of sp³-hybridized carbons (Fsp3) is 0.429. The molecule has 0 radical (unpaired) electrons. The van der Waals surface area contributed by atoms with Crippen molar-refractivity contribution in [2.24, 2.45) is 5.92 Å². The summed E-state index contributed by atoms with van der Waals surface area (Å²) in [5, 5.41) is 0. The lowest BCUT2D eigenvalue weighted by Crippen LogP contribution is -2.02. The molecule has 0 amide bonds. The molecular weight excluding hydrogens is 132 g/mol. The topological polar surface area (TPSA) is 43.4 Å². The molecular formula is C7H8O3. The van der Waals surface area contributed by atoms with E-state index >= 15 is 0 Å². The van der Waals surface area contributed by atoms with Crippen molar-refractivity contribution in [3.8, 4) is 0 Å². The number of rotatable bonds is 2. The van der Waals surface area contributed by atoms with Crippen LogP contribution in [0.25, 0.3) is 0 Å². The van der Waals surface area contributed by atoms with Crippen molar-refractivity contribution in [3.05, 3.63) is 12.2 Å². The first-order chi connectivity index (χ1) is 4.75. The molecule has 0 N–H and O–H groups in total. The van der Waals surface area contributed by atoms with Crippen LogP contribution in [-0.2, 0) is 14.3 Å². The fourth-order valence-electron chi connectivity index (χ4n) is 0.863. The summed E-state index contributed by atoms with van der Waals surface area (Å²) in [7, 11) is 0. The summed E-state index contributed by atoms with van der Waals surface area (Å²) in [5.74, 6) is -0.447. The molecule has 54 valence electrons. The first-order valence-corrected chi connectivity index (χ1v) is 3.05. The summed E-state index contributed by atoms with van der Waals surface area (Å²) in [6, 6.07) is 0. The summed E-state index contributed by atoms with van der Waals surface area (Å²) < 4.78 is 4.63. The number of cyclic esters (lactones) is 1. The third-order valence-electron chi connectivity index (χ3n) is 1.55. The Labute approximate surface area is 58.7 Å². The molecule has 0 aromatic rings. The SMILES string of the molecule is C=C1C(=O)OCC1CC=O. The van der Waals surface area contributed by atoms with Crippen molar-refractivity contribution in [2.75, 3.05) is 6.61 Å². The summed E-state index contributed by atoms with van der Waals surface area (Å²) in [6.07, 6.45) is 1.11. The lowest BCUT2D eigenvalue weighted by molar-refractivity contribution is -0.135. The number of carbonyl (C=O) groups is 2. The van der Waals surface area contributed by atoms with Crippen LogP contribution in [0.4, 0.5) is 0 Å². The van der Waals surface area contributed by atoms with Crippen molar-refractivity contribution in [3.63, 3.8) is 0 Å². The number of hydrogen-bond donors (Lipinski definition) is 0. The fourth-order valence-corrected chi connectivity index (χ4v) is 0.863. The molecule has 1 unspecified atom stereocenters. The van der Waals surface area contributed by atoms with E-state index < -0.39 is 0 Å². The largest absolute Gasteiger partial charge is 0.462 e. The smallest absolute Gasteiger partial charge is 0.333 e. The minimum absolute atomic E-state index is 0.0787. The summed E-state index contributed by atoms with van der Waals surface area (Å²) >= 11 is 0. The van der Waals surface area contributed by atoms with Crippen molar-refractivity contribution >= 4 is 12.3 Å². The molecule has 3 heteroatoms. The molecule has 3 nitrogen and oxygen atoms in total. The van der Waals surface area contributed by atoms with Gasteiger partial charge in [-0.05, 0) is 0 Å². The Bertz CT molecular complexity index is 183. The normalized spacial score (nSPS) is 24.6. The number of esters is 1. The van der Waals surface area contributed by atoms with Crippen LogP contribution in [-0.4, -0.2) is 18.9 Å². The molecule has 1 rings (SSSR count). The molecule has 1 saturated heterocycles. The van der Waals surface area contributed by atoms with Crippen molar-refractivity contribution < 1.29 is 14.3 Å². The molecule has 0 aliphatic carbocycles. The standard InChI is InChI=1S/C7H8O3/c1-5-6(2-3-8)4-10-7(5)9/h3,6H,1-2,4H2. The Kier molecular flexibility index (Phi) is 1.85. The molecule has 1 atom stereocenters. The van der Waals surface area contributed by atoms with E-state index in [0.29, 0.717) is 18.6 Å². The molecule has 0 aromatic heterocycles. The van der Waals surface area contributed by atoms with Gasteiger partial charge in [-0.15, -0.1) is 0 Å². The molecule has 1 aliphatic rings. The number of carbonyl (C=O) groups excluding carboxylic acids is 2. The molecule has 0 saturated carbocycles. The van der Waals surface area contributed by atoms with Crippen molar-refractivity contribution in [1.29, 1.82) is 0 Å². The van der Waals surface area contributed by atoms with E-state index in [2.05, 4.69) is 11.3 Å². The molecule has 0 bridgehead atoms. The molecule has 1 fully saturated rings. The third kappa shape index (κ3) is 1.07. The predicted octanol–water partition coefficient (Wildman–Crippen LogP) is 0.305. The zero-order chi connectivity index (χ0) is 7.56. The summed E-state index contributed by atoms with van der Waals surface area (Å²) in [5.41, 5.74) is 0.423. The van der Waals surface area contributed by atoms with Crippen LogP contribution in [0.15, 0.2) is 12.2 Å². The van der Waals surface area contributed by atoms with Gasteiger partial charge in [-0.1, -0.05) is 6.58 Å². The van der Waals surface area contributed by atoms with Gasteiger partial charge in [0.05, 0.1) is 6.61 Å². The van der Waals surface area contributed by atoms with Crippen LogP contribution < -0.4 is 0 Å². The minimum Gasteiger partial charge on any atom is -0.462 e. The van der Waals surface area contributed by atoms with E-state index in [9.17, 15) is 9.59 Å². The van der Waals surface area contributed by atoms with Gasteiger partial charge in [0.25, 0.3) is 0 Å². The van der Waals surface area contributed by atoms with Gasteiger partial charge in [0.1, 0.15) is 6.29 Å². The summed E-state index contributed by atoms with van der Waals surface area (Å²) in [6.45, 7) is 3.82. The monoisotopic (exact) mass is 140 g/mol. The van der Waals surface area contributed by atoms with E-state index in [4.69, 9.17) is 0 Å². The van der Waals surface area contributed by atoms with E-state index in [1.807, 2.05) is 0 Å². The van der Waals surface area contributed by atoms with Crippen LogP contribution >= 0.6 is 0 Å². The Balaban J connectivity index is 2.57. The van der Waals surface area contributed by atoms with Gasteiger partial charge in [0.2, 0.25) is 0 Å². The van der Waals surface area contributed by atoms with Crippen LogP contribution in [0.2, 0.25) is 0 Å². The maximum absolute atomic E-state index is 10.6. The van der Waals surface area contributed by atoms with Gasteiger partial charge >= 0.3 is 5.97 Å². The lowest BCUT2D eigenvalue weighted by Gasteiger charge is -1.97. The van der Waals surface area contributed by atoms with Crippen LogP contribution in [0, 0.1) is 5.92 Å². The molecule has 0 spiro atoms. The lowest BCUT2D eigenvalue weighted by atomic mass is 10.0. The quantitative estimate of drug-likeness (QED) is 0.315. The second-order valence-electron chi connectivity index (χ2n) is 2.22. The summed E-state index contributed by atoms with van der Waals surface area (Å²) in [4.78, 5) is 20.6. The number of ether oxygens (including phenoxy) is 1. The van der Waals surface area contributed by atoms with Crippen molar-refractivity contribution in [2.45, 2.75) is 6.42 Å². The van der Waals surface area contributed by atoms with Crippen LogP contribution in [0.5, 0.6) is 0 Å². The molecule has 0 aromatic carbocycles. The van der Waals surface area contributed by atoms with Gasteiger partial charge in [-0.2, -0.15) is 0 Å². The first-order valence-electron chi connectivity index (χ1n) is 3.05. The van der Waals surface area contributed by atoms with Gasteiger partial charge in [-0.3, -0.25) is 0 Å². The first kappa shape index (κ1) is 6.99. The Hall–Kier alpha value is -1.12. The van der Waals surface area contributed by atoms with E-state index in [0.717, 1.165) is 6.29 Å². The van der Waals surface area contributed by atoms with Crippen LogP contribution in [0.3, 0.4) is 0 Å². The van der Waals surface area contributed by atoms with Gasteiger partial charge in [0, 0.05) is 17.9 Å². The van der Waals surface area contributed by atoms with Gasteiger partial charge < -0.3 is 9.53 Å². The highest BCUT2D eigenvalue weighted by Gasteiger charge is 2.27. The van der Waals surface area contributed by atoms with Crippen molar-refractivity contribution in [1.82, 2.24) is 0 Å². The Morgan fingerprint density at radius 3 is 2.90 bits per heavy atom. The van der Waals surface area contributed by atoms with E-state index in [1.165, 1.54) is 0 Å². The zero-order valence-electron chi connectivity index (χ0n) is 5.50. The zero-order valence-corrected chi connectivity index (χ0v) is 5.50. The maximum atomic E-state index is 10.6. The van der Waals surface area contributed by atoms with Crippen LogP contribution in [0.1, 0.15) is 6.42 Å². The minimum atomic E-state index is -0.369. The van der Waals surface area contributed by atoms with Gasteiger partial charge in [0.15, 0.2) is 0 Å². The maximum Gasteiger partial charge on any atom is 0.333 e. The average molecular weight is 140 g/mol.